The average molecular weight is 267 g/mol. The van der Waals surface area contributed by atoms with Crippen molar-refractivity contribution in [2.45, 2.75) is 6.92 Å². The second-order valence-corrected chi connectivity index (χ2v) is 4.70. The van der Waals surface area contributed by atoms with Gasteiger partial charge in [-0.1, -0.05) is 12.1 Å². The number of nitrogens with zero attached hydrogens (tertiary/aromatic N) is 1. The van der Waals surface area contributed by atoms with Gasteiger partial charge < -0.3 is 4.74 Å². The molecule has 0 bridgehead atoms. The van der Waals surface area contributed by atoms with Gasteiger partial charge >= 0.3 is 0 Å². The van der Waals surface area contributed by atoms with Crippen molar-refractivity contribution in [3.63, 3.8) is 0 Å². The van der Waals surface area contributed by atoms with Crippen LogP contribution in [0.15, 0.2) is 42.5 Å². The molecular weight excluding hydrogens is 254 g/mol. The third-order valence-electron chi connectivity index (χ3n) is 3.35. The van der Waals surface area contributed by atoms with E-state index in [1.807, 2.05) is 25.1 Å². The summed E-state index contributed by atoms with van der Waals surface area (Å²) in [5.41, 5.74) is 2.39. The Labute approximate surface area is 116 Å². The van der Waals surface area contributed by atoms with Crippen molar-refractivity contribution in [2.75, 3.05) is 12.0 Å². The first kappa shape index (κ1) is 12.4. The molecule has 0 saturated carbocycles. The summed E-state index contributed by atoms with van der Waals surface area (Å²) in [5, 5.41) is 0. The fourth-order valence-corrected chi connectivity index (χ4v) is 2.35. The van der Waals surface area contributed by atoms with E-state index in [1.54, 1.807) is 24.3 Å². The third-order valence-corrected chi connectivity index (χ3v) is 3.35. The molecule has 0 radical (unpaired) electrons. The number of fused-ring (bicyclic) bond motifs is 1. The smallest absolute Gasteiger partial charge is 0.266 e. The zero-order valence-electron chi connectivity index (χ0n) is 11.2. The van der Waals surface area contributed by atoms with Gasteiger partial charge in [0.2, 0.25) is 0 Å². The number of amides is 2. The minimum atomic E-state index is -0.311. The standard InChI is InChI=1S/C16H13NO3/c1-10-4-3-5-11(8-10)17-15(18)13-7-6-12(20-2)9-14(13)16(17)19/h3-9H,1-2H3. The van der Waals surface area contributed by atoms with Crippen LogP contribution in [-0.4, -0.2) is 18.9 Å². The molecule has 1 aliphatic heterocycles. The number of carbonyl (C=O) groups excluding carboxylic acids is 2. The Kier molecular flexibility index (Phi) is 2.79. The molecule has 2 aromatic carbocycles. The van der Waals surface area contributed by atoms with E-state index in [0.29, 0.717) is 22.6 Å². The van der Waals surface area contributed by atoms with Crippen LogP contribution in [0.2, 0.25) is 0 Å². The Balaban J connectivity index is 2.09. The summed E-state index contributed by atoms with van der Waals surface area (Å²) in [5.74, 6) is -0.0382. The Morgan fingerprint density at radius 1 is 0.950 bits per heavy atom. The van der Waals surface area contributed by atoms with E-state index in [1.165, 1.54) is 12.0 Å². The summed E-state index contributed by atoms with van der Waals surface area (Å²) < 4.78 is 5.10. The van der Waals surface area contributed by atoms with Gasteiger partial charge in [0.15, 0.2) is 0 Å². The number of rotatable bonds is 2. The highest BCUT2D eigenvalue weighted by Crippen LogP contribution is 2.30. The fraction of sp³-hybridized carbons (Fsp3) is 0.125. The maximum absolute atomic E-state index is 12.4. The van der Waals surface area contributed by atoms with Gasteiger partial charge in [0.05, 0.1) is 23.9 Å². The minimum Gasteiger partial charge on any atom is -0.497 e. The lowest BCUT2D eigenvalue weighted by atomic mass is 10.1. The minimum absolute atomic E-state index is 0.293. The number of methoxy groups -OCH3 is 1. The molecule has 100 valence electrons. The molecule has 0 saturated heterocycles. The van der Waals surface area contributed by atoms with E-state index in [-0.39, 0.29) is 11.8 Å². The lowest BCUT2D eigenvalue weighted by molar-refractivity contribution is 0.0926. The maximum Gasteiger partial charge on any atom is 0.266 e. The number of ether oxygens (including phenoxy) is 1. The van der Waals surface area contributed by atoms with Crippen LogP contribution in [0.3, 0.4) is 0 Å². The number of aryl methyl sites for hydroxylation is 1. The van der Waals surface area contributed by atoms with Crippen LogP contribution in [0.4, 0.5) is 5.69 Å². The first-order valence-electron chi connectivity index (χ1n) is 6.25. The molecule has 0 atom stereocenters. The normalized spacial score (nSPS) is 13.6. The van der Waals surface area contributed by atoms with Crippen LogP contribution in [0, 0.1) is 6.92 Å². The Hall–Kier alpha value is -2.62. The van der Waals surface area contributed by atoms with Gasteiger partial charge in [0, 0.05) is 0 Å². The zero-order valence-corrected chi connectivity index (χ0v) is 11.2. The maximum atomic E-state index is 12.4. The summed E-state index contributed by atoms with van der Waals surface area (Å²) in [7, 11) is 1.53. The van der Waals surface area contributed by atoms with Gasteiger partial charge in [0.25, 0.3) is 11.8 Å². The molecule has 0 spiro atoms. The number of hydrogen-bond donors (Lipinski definition) is 0. The van der Waals surface area contributed by atoms with Crippen LogP contribution < -0.4 is 9.64 Å². The van der Waals surface area contributed by atoms with Crippen molar-refractivity contribution in [3.8, 4) is 5.75 Å². The summed E-state index contributed by atoms with van der Waals surface area (Å²) in [4.78, 5) is 26.0. The lowest BCUT2D eigenvalue weighted by Crippen LogP contribution is -2.29. The molecule has 2 aromatic rings. The van der Waals surface area contributed by atoms with Crippen molar-refractivity contribution in [1.82, 2.24) is 0 Å². The highest BCUT2D eigenvalue weighted by atomic mass is 16.5. The van der Waals surface area contributed by atoms with Crippen LogP contribution >= 0.6 is 0 Å². The van der Waals surface area contributed by atoms with E-state index in [2.05, 4.69) is 0 Å². The van der Waals surface area contributed by atoms with Gasteiger partial charge in [-0.25, -0.2) is 4.90 Å². The molecule has 1 heterocycles. The first-order valence-corrected chi connectivity index (χ1v) is 6.25. The Bertz CT molecular complexity index is 721. The Morgan fingerprint density at radius 3 is 2.40 bits per heavy atom. The summed E-state index contributed by atoms with van der Waals surface area (Å²) in [6.45, 7) is 1.92. The molecule has 0 unspecified atom stereocenters. The molecule has 2 amide bonds. The monoisotopic (exact) mass is 267 g/mol. The quantitative estimate of drug-likeness (QED) is 0.786. The van der Waals surface area contributed by atoms with Crippen molar-refractivity contribution in [1.29, 1.82) is 0 Å². The molecule has 0 aliphatic carbocycles. The van der Waals surface area contributed by atoms with Crippen molar-refractivity contribution >= 4 is 17.5 Å². The van der Waals surface area contributed by atoms with Crippen molar-refractivity contribution in [2.24, 2.45) is 0 Å². The lowest BCUT2D eigenvalue weighted by Gasteiger charge is -2.14. The van der Waals surface area contributed by atoms with Crippen molar-refractivity contribution in [3.05, 3.63) is 59.2 Å². The van der Waals surface area contributed by atoms with Gasteiger partial charge in [-0.15, -0.1) is 0 Å². The predicted octanol–water partition coefficient (Wildman–Crippen LogP) is 2.80. The van der Waals surface area contributed by atoms with E-state index >= 15 is 0 Å². The van der Waals surface area contributed by atoms with Gasteiger partial charge in [-0.05, 0) is 42.8 Å². The van der Waals surface area contributed by atoms with Crippen LogP contribution in [-0.2, 0) is 0 Å². The predicted molar refractivity (Wildman–Crippen MR) is 75.3 cm³/mol. The number of hydrogen-bond acceptors (Lipinski definition) is 3. The topological polar surface area (TPSA) is 46.6 Å². The van der Waals surface area contributed by atoms with E-state index in [0.717, 1.165) is 5.56 Å². The van der Waals surface area contributed by atoms with Crippen LogP contribution in [0.5, 0.6) is 5.75 Å². The number of benzene rings is 2. The van der Waals surface area contributed by atoms with Gasteiger partial charge in [-0.2, -0.15) is 0 Å². The highest BCUT2D eigenvalue weighted by molar-refractivity contribution is 6.34. The highest BCUT2D eigenvalue weighted by Gasteiger charge is 2.36. The number of anilines is 1. The molecular formula is C16H13NO3. The molecule has 4 heteroatoms. The average Bonchev–Trinajstić information content (AvgIpc) is 2.70. The largest absolute Gasteiger partial charge is 0.497 e. The van der Waals surface area contributed by atoms with Crippen LogP contribution in [0.25, 0.3) is 0 Å². The SMILES string of the molecule is COc1ccc2c(c1)C(=O)N(c1cccc(C)c1)C2=O. The van der Waals surface area contributed by atoms with E-state index in [4.69, 9.17) is 4.74 Å². The Morgan fingerprint density at radius 2 is 1.70 bits per heavy atom. The van der Waals surface area contributed by atoms with E-state index in [9.17, 15) is 9.59 Å². The molecule has 4 nitrogen and oxygen atoms in total. The van der Waals surface area contributed by atoms with Crippen LogP contribution in [0.1, 0.15) is 26.3 Å². The third kappa shape index (κ3) is 1.77. The molecule has 3 rings (SSSR count). The second kappa shape index (κ2) is 4.49. The number of imide groups is 1. The van der Waals surface area contributed by atoms with Crippen molar-refractivity contribution < 1.29 is 14.3 Å². The molecule has 1 aliphatic rings. The summed E-state index contributed by atoms with van der Waals surface area (Å²) in [6.07, 6.45) is 0. The molecule has 20 heavy (non-hydrogen) atoms. The summed E-state index contributed by atoms with van der Waals surface area (Å²) in [6, 6.07) is 12.2. The number of carbonyl (C=O) groups is 2. The zero-order chi connectivity index (χ0) is 14.3. The van der Waals surface area contributed by atoms with E-state index < -0.39 is 0 Å². The summed E-state index contributed by atoms with van der Waals surface area (Å²) >= 11 is 0. The fourth-order valence-electron chi connectivity index (χ4n) is 2.35. The molecule has 0 N–H and O–H groups in total. The molecule has 0 aromatic heterocycles. The van der Waals surface area contributed by atoms with Gasteiger partial charge in [-0.3, -0.25) is 9.59 Å². The second-order valence-electron chi connectivity index (χ2n) is 4.70. The first-order chi connectivity index (χ1) is 9.61. The molecule has 0 fully saturated rings. The van der Waals surface area contributed by atoms with Gasteiger partial charge in [0.1, 0.15) is 5.75 Å².